The smallest absolute Gasteiger partial charge is 0.310 e. The number of carbonyl (C=O) groups excluding carboxylic acids is 2. The van der Waals surface area contributed by atoms with Crippen molar-refractivity contribution in [1.82, 2.24) is 4.90 Å². The van der Waals surface area contributed by atoms with E-state index in [1.54, 1.807) is 11.8 Å². The maximum absolute atomic E-state index is 12.5. The first-order valence-electron chi connectivity index (χ1n) is 7.70. The Morgan fingerprint density at radius 1 is 1.24 bits per heavy atom. The van der Waals surface area contributed by atoms with Crippen molar-refractivity contribution in [2.75, 3.05) is 19.7 Å². The van der Waals surface area contributed by atoms with E-state index >= 15 is 0 Å². The van der Waals surface area contributed by atoms with Crippen molar-refractivity contribution in [3.05, 3.63) is 35.4 Å². The maximum Gasteiger partial charge on any atom is 0.310 e. The minimum atomic E-state index is -0.184. The van der Waals surface area contributed by atoms with Crippen LogP contribution in [0, 0.1) is 5.92 Å². The lowest BCUT2D eigenvalue weighted by Gasteiger charge is -2.31. The maximum atomic E-state index is 12.5. The lowest BCUT2D eigenvalue weighted by molar-refractivity contribution is -0.149. The Kier molecular flexibility index (Phi) is 5.37. The summed E-state index contributed by atoms with van der Waals surface area (Å²) in [6.07, 6.45) is 2.61. The zero-order valence-corrected chi connectivity index (χ0v) is 12.8. The van der Waals surface area contributed by atoms with Gasteiger partial charge in [0, 0.05) is 18.7 Å². The van der Waals surface area contributed by atoms with Crippen LogP contribution in [0.5, 0.6) is 0 Å². The highest BCUT2D eigenvalue weighted by Crippen LogP contribution is 2.20. The van der Waals surface area contributed by atoms with Crippen LogP contribution in [0.1, 0.15) is 42.6 Å². The van der Waals surface area contributed by atoms with Crippen molar-refractivity contribution in [3.63, 3.8) is 0 Å². The number of piperidine rings is 1. The van der Waals surface area contributed by atoms with Crippen LogP contribution < -0.4 is 0 Å². The van der Waals surface area contributed by atoms with Gasteiger partial charge < -0.3 is 9.64 Å². The minimum Gasteiger partial charge on any atom is -0.466 e. The van der Waals surface area contributed by atoms with Crippen LogP contribution in [0.2, 0.25) is 0 Å². The molecule has 21 heavy (non-hydrogen) atoms. The third-order valence-corrected chi connectivity index (χ3v) is 3.94. The molecular formula is C17H23NO3. The summed E-state index contributed by atoms with van der Waals surface area (Å²) in [6.45, 7) is 5.46. The fourth-order valence-electron chi connectivity index (χ4n) is 2.68. The van der Waals surface area contributed by atoms with Crippen LogP contribution in [-0.4, -0.2) is 36.5 Å². The zero-order valence-electron chi connectivity index (χ0n) is 12.8. The molecule has 1 fully saturated rings. The normalized spacial score (nSPS) is 18.4. The molecule has 1 saturated heterocycles. The van der Waals surface area contributed by atoms with Crippen molar-refractivity contribution in [2.24, 2.45) is 5.92 Å². The van der Waals surface area contributed by atoms with Gasteiger partial charge >= 0.3 is 5.97 Å². The van der Waals surface area contributed by atoms with Gasteiger partial charge in [-0.2, -0.15) is 0 Å². The molecule has 1 aromatic carbocycles. The molecule has 0 bridgehead atoms. The molecule has 0 unspecified atom stereocenters. The summed E-state index contributed by atoms with van der Waals surface area (Å²) < 4.78 is 5.07. The fourth-order valence-corrected chi connectivity index (χ4v) is 2.68. The van der Waals surface area contributed by atoms with Crippen LogP contribution in [0.3, 0.4) is 0 Å². The molecule has 1 aromatic rings. The largest absolute Gasteiger partial charge is 0.466 e. The van der Waals surface area contributed by atoms with E-state index < -0.39 is 0 Å². The van der Waals surface area contributed by atoms with E-state index in [1.165, 1.54) is 5.56 Å². The quantitative estimate of drug-likeness (QED) is 0.801. The number of hydrogen-bond donors (Lipinski definition) is 0. The van der Waals surface area contributed by atoms with Crippen molar-refractivity contribution in [3.8, 4) is 0 Å². The highest BCUT2D eigenvalue weighted by molar-refractivity contribution is 5.94. The predicted molar refractivity (Wildman–Crippen MR) is 81.1 cm³/mol. The molecule has 1 atom stereocenters. The van der Waals surface area contributed by atoms with E-state index in [9.17, 15) is 9.59 Å². The van der Waals surface area contributed by atoms with Crippen LogP contribution in [0.25, 0.3) is 0 Å². The third-order valence-electron chi connectivity index (χ3n) is 3.94. The van der Waals surface area contributed by atoms with Crippen LogP contribution in [0.4, 0.5) is 0 Å². The Labute approximate surface area is 126 Å². The molecule has 0 spiro atoms. The summed E-state index contributed by atoms with van der Waals surface area (Å²) in [5.41, 5.74) is 1.91. The summed E-state index contributed by atoms with van der Waals surface area (Å²) in [4.78, 5) is 26.1. The number of carbonyl (C=O) groups is 2. The number of hydrogen-bond acceptors (Lipinski definition) is 3. The number of nitrogens with zero attached hydrogens (tertiary/aromatic N) is 1. The second-order valence-electron chi connectivity index (χ2n) is 5.39. The van der Waals surface area contributed by atoms with Crippen molar-refractivity contribution >= 4 is 11.9 Å². The molecule has 1 aliphatic heterocycles. The number of benzene rings is 1. The van der Waals surface area contributed by atoms with Gasteiger partial charge in [-0.15, -0.1) is 0 Å². The molecule has 0 aliphatic carbocycles. The third kappa shape index (κ3) is 3.84. The molecule has 1 aliphatic rings. The summed E-state index contributed by atoms with van der Waals surface area (Å²) in [6, 6.07) is 7.71. The molecule has 0 N–H and O–H groups in total. The molecule has 114 valence electrons. The lowest BCUT2D eigenvalue weighted by Crippen LogP contribution is -2.42. The lowest BCUT2D eigenvalue weighted by atomic mass is 9.97. The summed E-state index contributed by atoms with van der Waals surface area (Å²) in [5, 5.41) is 0. The van der Waals surface area contributed by atoms with E-state index in [2.05, 4.69) is 6.92 Å². The van der Waals surface area contributed by atoms with Crippen molar-refractivity contribution < 1.29 is 14.3 Å². The molecule has 4 nitrogen and oxygen atoms in total. The zero-order chi connectivity index (χ0) is 15.2. The van der Waals surface area contributed by atoms with E-state index in [0.29, 0.717) is 25.3 Å². The average Bonchev–Trinajstić information content (AvgIpc) is 2.54. The Bertz CT molecular complexity index is 495. The highest BCUT2D eigenvalue weighted by Gasteiger charge is 2.29. The Morgan fingerprint density at radius 2 is 1.95 bits per heavy atom. The van der Waals surface area contributed by atoms with E-state index in [4.69, 9.17) is 4.74 Å². The molecule has 0 radical (unpaired) electrons. The second kappa shape index (κ2) is 7.25. The first-order chi connectivity index (χ1) is 10.2. The molecule has 2 rings (SSSR count). The SMILES string of the molecule is CCOC(=O)[C@H]1CCCN(C(=O)c2ccc(CC)cc2)C1. The van der Waals surface area contributed by atoms with Gasteiger partial charge in [0.1, 0.15) is 0 Å². The number of rotatable bonds is 4. The number of ether oxygens (including phenoxy) is 1. The number of esters is 1. The first-order valence-corrected chi connectivity index (χ1v) is 7.70. The van der Waals surface area contributed by atoms with Gasteiger partial charge in [0.15, 0.2) is 0 Å². The van der Waals surface area contributed by atoms with Crippen LogP contribution in [-0.2, 0) is 16.0 Å². The molecule has 0 aromatic heterocycles. The monoisotopic (exact) mass is 289 g/mol. The molecule has 1 heterocycles. The Hall–Kier alpha value is -1.84. The van der Waals surface area contributed by atoms with Gasteiger partial charge in [-0.25, -0.2) is 0 Å². The number of likely N-dealkylation sites (tertiary alicyclic amines) is 1. The average molecular weight is 289 g/mol. The van der Waals surface area contributed by atoms with Gasteiger partial charge in [-0.1, -0.05) is 19.1 Å². The number of aryl methyl sites for hydroxylation is 1. The van der Waals surface area contributed by atoms with Crippen molar-refractivity contribution in [1.29, 1.82) is 0 Å². The standard InChI is InChI=1S/C17H23NO3/c1-3-13-7-9-14(10-8-13)16(19)18-11-5-6-15(12-18)17(20)21-4-2/h7-10,15H,3-6,11-12H2,1-2H3/t15-/m0/s1. The first kappa shape index (κ1) is 15.5. The molecule has 0 saturated carbocycles. The van der Waals surface area contributed by atoms with E-state index in [0.717, 1.165) is 19.3 Å². The molecular weight excluding hydrogens is 266 g/mol. The topological polar surface area (TPSA) is 46.6 Å². The number of amides is 1. The molecule has 4 heteroatoms. The van der Waals surface area contributed by atoms with Gasteiger partial charge in [-0.05, 0) is 43.9 Å². The second-order valence-corrected chi connectivity index (χ2v) is 5.39. The van der Waals surface area contributed by atoms with Gasteiger partial charge in [0.25, 0.3) is 5.91 Å². The minimum absolute atomic E-state index is 0.00616. The predicted octanol–water partition coefficient (Wildman–Crippen LogP) is 2.66. The van der Waals surface area contributed by atoms with Gasteiger partial charge in [0.05, 0.1) is 12.5 Å². The van der Waals surface area contributed by atoms with Gasteiger partial charge in [-0.3, -0.25) is 9.59 Å². The Morgan fingerprint density at radius 3 is 2.57 bits per heavy atom. The molecule has 1 amide bonds. The summed E-state index contributed by atoms with van der Waals surface area (Å²) in [7, 11) is 0. The Balaban J connectivity index is 2.02. The van der Waals surface area contributed by atoms with E-state index in [-0.39, 0.29) is 17.8 Å². The van der Waals surface area contributed by atoms with E-state index in [1.807, 2.05) is 24.3 Å². The fraction of sp³-hybridized carbons (Fsp3) is 0.529. The van der Waals surface area contributed by atoms with Crippen LogP contribution in [0.15, 0.2) is 24.3 Å². The summed E-state index contributed by atoms with van der Waals surface area (Å²) in [5.74, 6) is -0.361. The van der Waals surface area contributed by atoms with Crippen molar-refractivity contribution in [2.45, 2.75) is 33.1 Å². The van der Waals surface area contributed by atoms with Crippen LogP contribution >= 0.6 is 0 Å². The highest BCUT2D eigenvalue weighted by atomic mass is 16.5. The summed E-state index contributed by atoms with van der Waals surface area (Å²) >= 11 is 0. The van der Waals surface area contributed by atoms with Gasteiger partial charge in [0.2, 0.25) is 0 Å².